The van der Waals surface area contributed by atoms with Crippen molar-refractivity contribution in [2.24, 2.45) is 5.10 Å². The van der Waals surface area contributed by atoms with Crippen LogP contribution in [0, 0.1) is 0 Å². The molecule has 0 spiro atoms. The van der Waals surface area contributed by atoms with Crippen LogP contribution < -0.4 is 14.4 Å². The van der Waals surface area contributed by atoms with Gasteiger partial charge in [0.05, 0.1) is 39.2 Å². The fraction of sp³-hybridized carbons (Fsp3) is 0.316. The van der Waals surface area contributed by atoms with Gasteiger partial charge in [-0.25, -0.2) is 0 Å². The maximum atomic E-state index is 5.46. The highest BCUT2D eigenvalue weighted by Gasteiger charge is 2.18. The number of ether oxygens (including phenoxy) is 2. The molecule has 0 aromatic heterocycles. The fourth-order valence-electron chi connectivity index (χ4n) is 2.89. The Balaban J connectivity index is 1.64. The van der Waals surface area contributed by atoms with Crippen LogP contribution in [0.1, 0.15) is 5.56 Å². The molecule has 25 heavy (non-hydrogen) atoms. The monoisotopic (exact) mass is 403 g/mol. The molecule has 0 atom stereocenters. The zero-order chi connectivity index (χ0) is 17.6. The molecular weight excluding hydrogens is 382 g/mol. The summed E-state index contributed by atoms with van der Waals surface area (Å²) >= 11 is 3.49. The number of hydrazone groups is 1. The molecule has 1 aliphatic heterocycles. The smallest absolute Gasteiger partial charge is 0.142 e. The zero-order valence-electron chi connectivity index (χ0n) is 14.5. The van der Waals surface area contributed by atoms with Crippen molar-refractivity contribution in [1.82, 2.24) is 5.01 Å². The number of hydrogen-bond acceptors (Lipinski definition) is 5. The molecular formula is C19H22BrN3O2. The Bertz CT molecular complexity index is 743. The molecule has 5 nitrogen and oxygen atoms in total. The first-order chi connectivity index (χ1) is 12.2. The van der Waals surface area contributed by atoms with Gasteiger partial charge in [0.15, 0.2) is 0 Å². The van der Waals surface area contributed by atoms with Crippen LogP contribution in [0.15, 0.2) is 52.0 Å². The van der Waals surface area contributed by atoms with Gasteiger partial charge in [-0.1, -0.05) is 28.1 Å². The molecule has 0 bridgehead atoms. The normalized spacial score (nSPS) is 14.8. The molecule has 1 saturated heterocycles. The minimum atomic E-state index is 0.819. The Labute approximate surface area is 157 Å². The number of hydrogen-bond donors (Lipinski definition) is 0. The molecule has 132 valence electrons. The second-order valence-corrected chi connectivity index (χ2v) is 6.66. The Kier molecular flexibility index (Phi) is 5.81. The summed E-state index contributed by atoms with van der Waals surface area (Å²) in [6.45, 7) is 3.55. The van der Waals surface area contributed by atoms with Crippen molar-refractivity contribution in [3.05, 3.63) is 52.5 Å². The molecule has 0 saturated carbocycles. The predicted octanol–water partition coefficient (Wildman–Crippen LogP) is 3.62. The van der Waals surface area contributed by atoms with Crippen LogP contribution in [0.25, 0.3) is 0 Å². The lowest BCUT2D eigenvalue weighted by Gasteiger charge is -2.35. The van der Waals surface area contributed by atoms with E-state index in [2.05, 4.69) is 37.0 Å². The van der Waals surface area contributed by atoms with E-state index in [0.29, 0.717) is 0 Å². The van der Waals surface area contributed by atoms with E-state index >= 15 is 0 Å². The minimum Gasteiger partial charge on any atom is -0.496 e. The summed E-state index contributed by atoms with van der Waals surface area (Å²) in [5.74, 6) is 1.73. The van der Waals surface area contributed by atoms with Gasteiger partial charge in [0, 0.05) is 23.1 Å². The number of halogens is 1. The summed E-state index contributed by atoms with van der Waals surface area (Å²) < 4.78 is 11.9. The molecule has 0 N–H and O–H groups in total. The predicted molar refractivity (Wildman–Crippen MR) is 105 cm³/mol. The van der Waals surface area contributed by atoms with Gasteiger partial charge in [-0.05, 0) is 30.3 Å². The van der Waals surface area contributed by atoms with Crippen molar-refractivity contribution in [1.29, 1.82) is 0 Å². The first kappa shape index (κ1) is 17.6. The maximum absolute atomic E-state index is 5.46. The quantitative estimate of drug-likeness (QED) is 0.714. The van der Waals surface area contributed by atoms with Gasteiger partial charge in [0.25, 0.3) is 0 Å². The second kappa shape index (κ2) is 8.25. The zero-order valence-corrected chi connectivity index (χ0v) is 16.1. The van der Waals surface area contributed by atoms with Crippen molar-refractivity contribution in [3.8, 4) is 11.5 Å². The molecule has 0 amide bonds. The third-order valence-corrected chi connectivity index (χ3v) is 4.73. The van der Waals surface area contributed by atoms with Gasteiger partial charge in [-0.3, -0.25) is 5.01 Å². The number of nitrogens with zero attached hydrogens (tertiary/aromatic N) is 3. The molecule has 1 aliphatic rings. The van der Waals surface area contributed by atoms with Crippen LogP contribution >= 0.6 is 15.9 Å². The molecule has 6 heteroatoms. The largest absolute Gasteiger partial charge is 0.496 e. The molecule has 0 aliphatic carbocycles. The van der Waals surface area contributed by atoms with Crippen LogP contribution in [0.4, 0.5) is 5.69 Å². The molecule has 0 radical (unpaired) electrons. The number of para-hydroxylation sites is 2. The van der Waals surface area contributed by atoms with Crippen LogP contribution in [-0.4, -0.2) is 51.6 Å². The van der Waals surface area contributed by atoms with Gasteiger partial charge in [-0.15, -0.1) is 0 Å². The van der Waals surface area contributed by atoms with Crippen LogP contribution in [-0.2, 0) is 0 Å². The first-order valence-electron chi connectivity index (χ1n) is 8.21. The number of rotatable bonds is 5. The van der Waals surface area contributed by atoms with Crippen LogP contribution in [0.3, 0.4) is 0 Å². The Morgan fingerprint density at radius 3 is 2.40 bits per heavy atom. The lowest BCUT2D eigenvalue weighted by molar-refractivity contribution is 0.271. The van der Waals surface area contributed by atoms with E-state index in [1.165, 1.54) is 0 Å². The van der Waals surface area contributed by atoms with Gasteiger partial charge in [-0.2, -0.15) is 5.10 Å². The van der Waals surface area contributed by atoms with Gasteiger partial charge in [0.1, 0.15) is 11.5 Å². The highest BCUT2D eigenvalue weighted by Crippen LogP contribution is 2.28. The van der Waals surface area contributed by atoms with Crippen molar-refractivity contribution in [3.63, 3.8) is 0 Å². The summed E-state index contributed by atoms with van der Waals surface area (Å²) in [7, 11) is 3.39. The van der Waals surface area contributed by atoms with Gasteiger partial charge in [0.2, 0.25) is 0 Å². The topological polar surface area (TPSA) is 37.3 Å². The highest BCUT2D eigenvalue weighted by molar-refractivity contribution is 9.10. The number of piperazine rings is 1. The van der Waals surface area contributed by atoms with Crippen molar-refractivity contribution in [2.75, 3.05) is 45.3 Å². The van der Waals surface area contributed by atoms with Crippen LogP contribution in [0.2, 0.25) is 0 Å². The van der Waals surface area contributed by atoms with E-state index in [1.54, 1.807) is 14.2 Å². The number of benzene rings is 2. The lowest BCUT2D eigenvalue weighted by atomic mass is 10.2. The van der Waals surface area contributed by atoms with E-state index in [0.717, 1.165) is 53.4 Å². The average molecular weight is 404 g/mol. The maximum Gasteiger partial charge on any atom is 0.142 e. The summed E-state index contributed by atoms with van der Waals surface area (Å²) in [6, 6.07) is 14.0. The Hall–Kier alpha value is -2.21. The standard InChI is InChI=1S/C19H22BrN3O2/c1-24-18-8-7-16(20)13-15(18)14-21-23-11-9-22(10-12-23)17-5-3-4-6-19(17)25-2/h3-8,13-14H,9-12H2,1-2H3/b21-14+. The van der Waals surface area contributed by atoms with Gasteiger partial charge < -0.3 is 14.4 Å². The summed E-state index contributed by atoms with van der Waals surface area (Å²) in [4.78, 5) is 2.34. The summed E-state index contributed by atoms with van der Waals surface area (Å²) in [5.41, 5.74) is 2.10. The van der Waals surface area contributed by atoms with E-state index in [-0.39, 0.29) is 0 Å². The molecule has 3 rings (SSSR count). The fourth-order valence-corrected chi connectivity index (χ4v) is 3.27. The number of methoxy groups -OCH3 is 2. The third-order valence-electron chi connectivity index (χ3n) is 4.23. The van der Waals surface area contributed by atoms with E-state index < -0.39 is 0 Å². The Morgan fingerprint density at radius 2 is 1.68 bits per heavy atom. The van der Waals surface area contributed by atoms with E-state index in [1.807, 2.05) is 42.6 Å². The van der Waals surface area contributed by atoms with Crippen molar-refractivity contribution >= 4 is 27.8 Å². The molecule has 1 heterocycles. The van der Waals surface area contributed by atoms with Crippen LogP contribution in [0.5, 0.6) is 11.5 Å². The highest BCUT2D eigenvalue weighted by atomic mass is 79.9. The van der Waals surface area contributed by atoms with Crippen molar-refractivity contribution < 1.29 is 9.47 Å². The summed E-state index contributed by atoms with van der Waals surface area (Å²) in [6.07, 6.45) is 1.86. The van der Waals surface area contributed by atoms with E-state index in [9.17, 15) is 0 Å². The SMILES string of the molecule is COc1ccc(Br)cc1/C=N/N1CCN(c2ccccc2OC)CC1. The molecule has 2 aromatic rings. The summed E-state index contributed by atoms with van der Waals surface area (Å²) in [5, 5.41) is 6.71. The second-order valence-electron chi connectivity index (χ2n) is 5.74. The Morgan fingerprint density at radius 1 is 0.960 bits per heavy atom. The third kappa shape index (κ3) is 4.25. The average Bonchev–Trinajstić information content (AvgIpc) is 2.67. The van der Waals surface area contributed by atoms with Crippen molar-refractivity contribution in [2.45, 2.75) is 0 Å². The molecule has 1 fully saturated rings. The molecule has 2 aromatic carbocycles. The minimum absolute atomic E-state index is 0.819. The van der Waals surface area contributed by atoms with Gasteiger partial charge >= 0.3 is 0 Å². The van der Waals surface area contributed by atoms with E-state index in [4.69, 9.17) is 9.47 Å². The molecule has 0 unspecified atom stereocenters. The number of anilines is 1. The lowest BCUT2D eigenvalue weighted by Crippen LogP contribution is -2.44. The first-order valence-corrected chi connectivity index (χ1v) is 9.01.